The van der Waals surface area contributed by atoms with E-state index < -0.39 is 0 Å². The quantitative estimate of drug-likeness (QED) is 0.273. The van der Waals surface area contributed by atoms with Gasteiger partial charge in [0.2, 0.25) is 0 Å². The van der Waals surface area contributed by atoms with Gasteiger partial charge in [-0.2, -0.15) is 0 Å². The molecule has 1 N–H and O–H groups in total. The van der Waals surface area contributed by atoms with Gasteiger partial charge in [0.25, 0.3) is 0 Å². The molecule has 1 aliphatic heterocycles. The van der Waals surface area contributed by atoms with E-state index in [1.807, 2.05) is 24.3 Å². The smallest absolute Gasteiger partial charge is 0.132 e. The molecule has 1 fully saturated rings. The van der Waals surface area contributed by atoms with E-state index >= 15 is 0 Å². The molecule has 36 heavy (non-hydrogen) atoms. The van der Waals surface area contributed by atoms with Crippen LogP contribution in [0.3, 0.4) is 0 Å². The number of aliphatic hydroxyl groups excluding tert-OH is 1. The molecule has 0 unspecified atom stereocenters. The number of likely N-dealkylation sites (tertiary alicyclic amines) is 1. The number of aliphatic hydroxyl groups is 1. The molecule has 0 radical (unpaired) electrons. The molecule has 0 aliphatic carbocycles. The second-order valence-electron chi connectivity index (χ2n) is 10.1. The van der Waals surface area contributed by atoms with Gasteiger partial charge in [0.1, 0.15) is 5.84 Å². The molecule has 4 rings (SSSR count). The Kier molecular flexibility index (Phi) is 9.32. The second kappa shape index (κ2) is 12.8. The average molecular weight is 485 g/mol. The van der Waals surface area contributed by atoms with Crippen LogP contribution in [0.4, 0.5) is 0 Å². The molecule has 1 heterocycles. The standard InChI is InChI=1S/C32H40N2O2/c1-4-29-31(35)21-20-30(26-16-10-6-11-17-26)34(29)32(27-18-12-7-13-19-27)33-28(24(2)3)23-36-22-25-14-8-5-9-15-25/h5-19,24,28-31,35H,4,20-23H2,1-3H3/t28-,29-,30+,31-/m1/s1. The number of rotatable bonds is 9. The van der Waals surface area contributed by atoms with Crippen LogP contribution in [-0.2, 0) is 11.3 Å². The van der Waals surface area contributed by atoms with Gasteiger partial charge in [-0.15, -0.1) is 0 Å². The summed E-state index contributed by atoms with van der Waals surface area (Å²) in [5.41, 5.74) is 3.52. The van der Waals surface area contributed by atoms with Gasteiger partial charge >= 0.3 is 0 Å². The van der Waals surface area contributed by atoms with E-state index in [9.17, 15) is 5.11 Å². The van der Waals surface area contributed by atoms with E-state index in [2.05, 4.69) is 92.4 Å². The molecule has 4 nitrogen and oxygen atoms in total. The van der Waals surface area contributed by atoms with Crippen LogP contribution in [-0.4, -0.2) is 40.6 Å². The topological polar surface area (TPSA) is 45.1 Å². The molecule has 190 valence electrons. The van der Waals surface area contributed by atoms with Crippen LogP contribution in [0.15, 0.2) is 96.0 Å². The fraction of sp³-hybridized carbons (Fsp3) is 0.406. The Labute approximate surface area is 216 Å². The zero-order valence-electron chi connectivity index (χ0n) is 21.8. The lowest BCUT2D eigenvalue weighted by Gasteiger charge is -2.47. The van der Waals surface area contributed by atoms with E-state index in [0.717, 1.165) is 30.7 Å². The van der Waals surface area contributed by atoms with Gasteiger partial charge in [0.05, 0.1) is 37.4 Å². The van der Waals surface area contributed by atoms with Crippen LogP contribution in [0.5, 0.6) is 0 Å². The van der Waals surface area contributed by atoms with E-state index in [1.54, 1.807) is 0 Å². The minimum Gasteiger partial charge on any atom is -0.391 e. The monoisotopic (exact) mass is 484 g/mol. The number of hydrogen-bond donors (Lipinski definition) is 1. The maximum Gasteiger partial charge on any atom is 0.132 e. The van der Waals surface area contributed by atoms with Gasteiger partial charge in [-0.05, 0) is 36.3 Å². The fourth-order valence-corrected chi connectivity index (χ4v) is 5.14. The van der Waals surface area contributed by atoms with Crippen molar-refractivity contribution in [3.05, 3.63) is 108 Å². The molecule has 1 aliphatic rings. The summed E-state index contributed by atoms with van der Waals surface area (Å²) >= 11 is 0. The van der Waals surface area contributed by atoms with Crippen LogP contribution in [0.25, 0.3) is 0 Å². The lowest BCUT2D eigenvalue weighted by Crippen LogP contribution is -2.52. The van der Waals surface area contributed by atoms with Crippen LogP contribution in [0.2, 0.25) is 0 Å². The van der Waals surface area contributed by atoms with Gasteiger partial charge in [-0.3, -0.25) is 4.99 Å². The van der Waals surface area contributed by atoms with Gasteiger partial charge < -0.3 is 14.7 Å². The Morgan fingerprint density at radius 3 is 2.14 bits per heavy atom. The summed E-state index contributed by atoms with van der Waals surface area (Å²) in [4.78, 5) is 7.82. The highest BCUT2D eigenvalue weighted by Crippen LogP contribution is 2.37. The van der Waals surface area contributed by atoms with Crippen molar-refractivity contribution in [3.63, 3.8) is 0 Å². The maximum absolute atomic E-state index is 11.1. The highest BCUT2D eigenvalue weighted by atomic mass is 16.5. The number of amidine groups is 1. The van der Waals surface area contributed by atoms with Crippen LogP contribution in [0, 0.1) is 5.92 Å². The molecule has 0 saturated carbocycles. The third kappa shape index (κ3) is 6.43. The third-order valence-electron chi connectivity index (χ3n) is 7.21. The van der Waals surface area contributed by atoms with E-state index in [-0.39, 0.29) is 24.2 Å². The minimum atomic E-state index is -0.379. The molecular weight excluding hydrogens is 444 g/mol. The van der Waals surface area contributed by atoms with Crippen LogP contribution < -0.4 is 0 Å². The van der Waals surface area contributed by atoms with Crippen molar-refractivity contribution >= 4 is 5.84 Å². The summed E-state index contributed by atoms with van der Waals surface area (Å²) < 4.78 is 6.18. The Morgan fingerprint density at radius 2 is 1.53 bits per heavy atom. The first-order valence-electron chi connectivity index (χ1n) is 13.3. The summed E-state index contributed by atoms with van der Waals surface area (Å²) in [6, 6.07) is 31.6. The molecular formula is C32H40N2O2. The summed E-state index contributed by atoms with van der Waals surface area (Å²) in [6.45, 7) is 7.71. The number of hydrogen-bond acceptors (Lipinski definition) is 3. The second-order valence-corrected chi connectivity index (χ2v) is 10.1. The van der Waals surface area contributed by atoms with Crippen molar-refractivity contribution in [3.8, 4) is 0 Å². The number of piperidine rings is 1. The van der Waals surface area contributed by atoms with Gasteiger partial charge in [0, 0.05) is 5.56 Å². The fourth-order valence-electron chi connectivity index (χ4n) is 5.14. The average Bonchev–Trinajstić information content (AvgIpc) is 2.92. The highest BCUT2D eigenvalue weighted by molar-refractivity contribution is 5.99. The normalized spacial score (nSPS) is 21.5. The van der Waals surface area contributed by atoms with Crippen molar-refractivity contribution < 1.29 is 9.84 Å². The molecule has 3 aromatic rings. The lowest BCUT2D eigenvalue weighted by atomic mass is 9.87. The summed E-state index contributed by atoms with van der Waals surface area (Å²) in [7, 11) is 0. The minimum absolute atomic E-state index is 0.000890. The van der Waals surface area contributed by atoms with E-state index in [0.29, 0.717) is 19.1 Å². The number of aliphatic imine (C=N–C) groups is 1. The lowest BCUT2D eigenvalue weighted by molar-refractivity contribution is 0.0156. The number of ether oxygens (including phenoxy) is 1. The number of benzene rings is 3. The van der Waals surface area contributed by atoms with Crippen LogP contribution >= 0.6 is 0 Å². The van der Waals surface area contributed by atoms with Gasteiger partial charge in [-0.25, -0.2) is 0 Å². The maximum atomic E-state index is 11.1. The molecule has 0 amide bonds. The summed E-state index contributed by atoms with van der Waals surface area (Å²) in [6.07, 6.45) is 2.16. The molecule has 0 bridgehead atoms. The molecule has 0 aromatic heterocycles. The van der Waals surface area contributed by atoms with Gasteiger partial charge in [0.15, 0.2) is 0 Å². The predicted molar refractivity (Wildman–Crippen MR) is 148 cm³/mol. The van der Waals surface area contributed by atoms with Crippen molar-refractivity contribution in [2.75, 3.05) is 6.61 Å². The first-order valence-corrected chi connectivity index (χ1v) is 13.3. The summed E-state index contributed by atoms with van der Waals surface area (Å²) in [5, 5.41) is 11.1. The Bertz CT molecular complexity index is 1070. The molecule has 1 saturated heterocycles. The zero-order chi connectivity index (χ0) is 25.3. The molecule has 0 spiro atoms. The SMILES string of the molecule is CC[C@@H]1[C@H](O)CC[C@@H](c2ccccc2)N1C(=N[C@H](COCc1ccccc1)C(C)C)c1ccccc1. The number of nitrogens with zero attached hydrogens (tertiary/aromatic N) is 2. The van der Waals surface area contributed by atoms with Crippen molar-refractivity contribution in [1.82, 2.24) is 4.90 Å². The molecule has 3 aromatic carbocycles. The third-order valence-corrected chi connectivity index (χ3v) is 7.21. The van der Waals surface area contributed by atoms with E-state index in [4.69, 9.17) is 9.73 Å². The summed E-state index contributed by atoms with van der Waals surface area (Å²) in [5.74, 6) is 1.27. The Hall–Kier alpha value is -2.95. The molecule has 4 heteroatoms. The largest absolute Gasteiger partial charge is 0.391 e. The Morgan fingerprint density at radius 1 is 0.917 bits per heavy atom. The first kappa shape index (κ1) is 26.1. The van der Waals surface area contributed by atoms with Crippen molar-refractivity contribution in [1.29, 1.82) is 0 Å². The predicted octanol–water partition coefficient (Wildman–Crippen LogP) is 6.65. The zero-order valence-corrected chi connectivity index (χ0v) is 21.8. The Balaban J connectivity index is 1.71. The van der Waals surface area contributed by atoms with Gasteiger partial charge in [-0.1, -0.05) is 112 Å². The first-order chi connectivity index (χ1) is 17.6. The van der Waals surface area contributed by atoms with Crippen molar-refractivity contribution in [2.24, 2.45) is 10.9 Å². The van der Waals surface area contributed by atoms with E-state index in [1.165, 1.54) is 11.1 Å². The molecule has 4 atom stereocenters. The highest BCUT2D eigenvalue weighted by Gasteiger charge is 2.38. The van der Waals surface area contributed by atoms with Crippen molar-refractivity contribution in [2.45, 2.75) is 70.9 Å². The van der Waals surface area contributed by atoms with Crippen LogP contribution in [0.1, 0.15) is 62.8 Å².